The molecular weight excluding hydrogens is 353 g/mol. The summed E-state index contributed by atoms with van der Waals surface area (Å²) in [5.41, 5.74) is 2.18. The van der Waals surface area contributed by atoms with Crippen LogP contribution >= 0.6 is 0 Å². The van der Waals surface area contributed by atoms with Gasteiger partial charge in [-0.05, 0) is 69.5 Å². The molecule has 5 nitrogen and oxygen atoms in total. The summed E-state index contributed by atoms with van der Waals surface area (Å²) in [6.45, 7) is 15.9. The molecular formula is C22H38FN5. The summed E-state index contributed by atoms with van der Waals surface area (Å²) in [6, 6.07) is 5.00. The molecule has 0 radical (unpaired) electrons. The van der Waals surface area contributed by atoms with Crippen molar-refractivity contribution in [3.05, 3.63) is 35.1 Å². The molecule has 0 bridgehead atoms. The minimum atomic E-state index is -0.170. The van der Waals surface area contributed by atoms with E-state index in [0.717, 1.165) is 44.0 Å². The topological polar surface area (TPSA) is 42.9 Å². The van der Waals surface area contributed by atoms with E-state index in [1.54, 1.807) is 6.07 Å². The Labute approximate surface area is 170 Å². The van der Waals surface area contributed by atoms with Gasteiger partial charge in [-0.1, -0.05) is 13.0 Å². The average Bonchev–Trinajstić information content (AvgIpc) is 2.69. The highest BCUT2D eigenvalue weighted by molar-refractivity contribution is 5.79. The molecule has 158 valence electrons. The first kappa shape index (κ1) is 22.6. The van der Waals surface area contributed by atoms with Gasteiger partial charge in [-0.2, -0.15) is 0 Å². The molecule has 0 aliphatic carbocycles. The Balaban J connectivity index is 1.64. The van der Waals surface area contributed by atoms with E-state index in [4.69, 9.17) is 4.99 Å². The highest BCUT2D eigenvalue weighted by Gasteiger charge is 2.14. The number of piperazine rings is 1. The van der Waals surface area contributed by atoms with Gasteiger partial charge in [0.15, 0.2) is 5.96 Å². The van der Waals surface area contributed by atoms with Crippen LogP contribution < -0.4 is 10.6 Å². The molecule has 6 heteroatoms. The van der Waals surface area contributed by atoms with Crippen molar-refractivity contribution >= 4 is 5.96 Å². The highest BCUT2D eigenvalue weighted by Crippen LogP contribution is 2.10. The molecule has 1 saturated heterocycles. The van der Waals surface area contributed by atoms with E-state index >= 15 is 0 Å². The fourth-order valence-electron chi connectivity index (χ4n) is 3.56. The number of rotatable bonds is 10. The first-order chi connectivity index (χ1) is 13.6. The molecule has 1 aliphatic rings. The third-order valence-corrected chi connectivity index (χ3v) is 5.40. The van der Waals surface area contributed by atoms with E-state index in [2.05, 4.69) is 34.3 Å². The molecule has 0 saturated carbocycles. The molecule has 1 fully saturated rings. The van der Waals surface area contributed by atoms with Crippen LogP contribution in [0.2, 0.25) is 0 Å². The summed E-state index contributed by atoms with van der Waals surface area (Å²) in [5, 5.41) is 6.70. The predicted octanol–water partition coefficient (Wildman–Crippen LogP) is 2.65. The maximum absolute atomic E-state index is 13.2. The van der Waals surface area contributed by atoms with E-state index < -0.39 is 0 Å². The van der Waals surface area contributed by atoms with Gasteiger partial charge in [0.2, 0.25) is 0 Å². The van der Waals surface area contributed by atoms with Gasteiger partial charge < -0.3 is 20.4 Å². The van der Waals surface area contributed by atoms with Gasteiger partial charge in [0.05, 0.1) is 0 Å². The lowest BCUT2D eigenvalue weighted by Gasteiger charge is -2.33. The lowest BCUT2D eigenvalue weighted by molar-refractivity contribution is 0.136. The third-order valence-electron chi connectivity index (χ3n) is 5.40. The normalized spacial score (nSPS) is 16.4. The van der Waals surface area contributed by atoms with E-state index in [1.807, 2.05) is 13.0 Å². The SMILES string of the molecule is CCNC(=NCCCCN1CCN(CC)CC1)NCCc1ccc(F)cc1C. The van der Waals surface area contributed by atoms with Crippen LogP contribution in [0.5, 0.6) is 0 Å². The minimum absolute atomic E-state index is 0.170. The van der Waals surface area contributed by atoms with Crippen molar-refractivity contribution in [2.24, 2.45) is 4.99 Å². The van der Waals surface area contributed by atoms with Crippen molar-refractivity contribution in [2.45, 2.75) is 40.0 Å². The monoisotopic (exact) mass is 391 g/mol. The van der Waals surface area contributed by atoms with Crippen molar-refractivity contribution in [3.63, 3.8) is 0 Å². The van der Waals surface area contributed by atoms with Crippen LogP contribution in [0.25, 0.3) is 0 Å². The van der Waals surface area contributed by atoms with E-state index in [1.165, 1.54) is 57.3 Å². The molecule has 0 aromatic heterocycles. The van der Waals surface area contributed by atoms with Gasteiger partial charge in [-0.25, -0.2) is 4.39 Å². The minimum Gasteiger partial charge on any atom is -0.357 e. The maximum atomic E-state index is 13.2. The number of halogens is 1. The molecule has 2 rings (SSSR count). The molecule has 1 heterocycles. The fourth-order valence-corrected chi connectivity index (χ4v) is 3.56. The van der Waals surface area contributed by atoms with Crippen molar-refractivity contribution < 1.29 is 4.39 Å². The van der Waals surface area contributed by atoms with E-state index in [-0.39, 0.29) is 5.82 Å². The number of nitrogens with zero attached hydrogens (tertiary/aromatic N) is 3. The van der Waals surface area contributed by atoms with Crippen molar-refractivity contribution in [2.75, 3.05) is 58.9 Å². The van der Waals surface area contributed by atoms with Crippen molar-refractivity contribution in [3.8, 4) is 0 Å². The first-order valence-corrected chi connectivity index (χ1v) is 10.8. The molecule has 1 aromatic carbocycles. The Bertz CT molecular complexity index is 597. The van der Waals surface area contributed by atoms with Crippen LogP contribution in [0, 0.1) is 12.7 Å². The molecule has 0 unspecified atom stereocenters. The van der Waals surface area contributed by atoms with Crippen LogP contribution in [0.1, 0.15) is 37.8 Å². The summed E-state index contributed by atoms with van der Waals surface area (Å²) in [4.78, 5) is 9.79. The standard InChI is InChI=1S/C22H38FN5/c1-4-24-22(26-12-10-20-8-9-21(23)18-19(20)3)25-11-6-7-13-28-16-14-27(5-2)15-17-28/h8-9,18H,4-7,10-17H2,1-3H3,(H2,24,25,26). The third kappa shape index (κ3) is 8.15. The molecule has 2 N–H and O–H groups in total. The van der Waals surface area contributed by atoms with Gasteiger partial charge in [-0.3, -0.25) is 4.99 Å². The molecule has 0 spiro atoms. The van der Waals surface area contributed by atoms with Gasteiger partial charge in [0.25, 0.3) is 0 Å². The van der Waals surface area contributed by atoms with Crippen LogP contribution in [0.15, 0.2) is 23.2 Å². The Morgan fingerprint density at radius 1 is 1.07 bits per heavy atom. The Kier molecular flexibility index (Phi) is 10.3. The predicted molar refractivity (Wildman–Crippen MR) is 117 cm³/mol. The highest BCUT2D eigenvalue weighted by atomic mass is 19.1. The summed E-state index contributed by atoms with van der Waals surface area (Å²) in [7, 11) is 0. The van der Waals surface area contributed by atoms with Crippen molar-refractivity contribution in [1.82, 2.24) is 20.4 Å². The molecule has 0 amide bonds. The zero-order valence-electron chi connectivity index (χ0n) is 17.9. The number of benzene rings is 1. The number of hydrogen-bond donors (Lipinski definition) is 2. The maximum Gasteiger partial charge on any atom is 0.191 e. The summed E-state index contributed by atoms with van der Waals surface area (Å²) in [6.07, 6.45) is 3.17. The van der Waals surface area contributed by atoms with Crippen molar-refractivity contribution in [1.29, 1.82) is 0 Å². The molecule has 1 aliphatic heterocycles. The average molecular weight is 392 g/mol. The largest absolute Gasteiger partial charge is 0.357 e. The molecule has 0 atom stereocenters. The van der Waals surface area contributed by atoms with Crippen LogP contribution in [-0.4, -0.2) is 74.7 Å². The summed E-state index contributed by atoms with van der Waals surface area (Å²) in [5.74, 6) is 0.704. The quantitative estimate of drug-likeness (QED) is 0.366. The number of likely N-dealkylation sites (N-methyl/N-ethyl adjacent to an activating group) is 1. The first-order valence-electron chi connectivity index (χ1n) is 10.8. The second-order valence-electron chi connectivity index (χ2n) is 7.49. The summed E-state index contributed by atoms with van der Waals surface area (Å²) >= 11 is 0. The summed E-state index contributed by atoms with van der Waals surface area (Å²) < 4.78 is 13.2. The van der Waals surface area contributed by atoms with E-state index in [9.17, 15) is 4.39 Å². The lowest BCUT2D eigenvalue weighted by Crippen LogP contribution is -2.46. The Morgan fingerprint density at radius 2 is 1.82 bits per heavy atom. The van der Waals surface area contributed by atoms with E-state index in [0.29, 0.717) is 0 Å². The second kappa shape index (κ2) is 12.7. The second-order valence-corrected chi connectivity index (χ2v) is 7.49. The Hall–Kier alpha value is -1.66. The number of unbranched alkanes of at least 4 members (excludes halogenated alkanes) is 1. The number of nitrogens with one attached hydrogen (secondary N) is 2. The fraction of sp³-hybridized carbons (Fsp3) is 0.682. The molecule has 28 heavy (non-hydrogen) atoms. The van der Waals surface area contributed by atoms with Crippen LogP contribution in [0.3, 0.4) is 0 Å². The van der Waals surface area contributed by atoms with Gasteiger partial charge >= 0.3 is 0 Å². The number of aliphatic imine (C=N–C) groups is 1. The Morgan fingerprint density at radius 3 is 2.50 bits per heavy atom. The zero-order chi connectivity index (χ0) is 20.2. The molecule has 1 aromatic rings. The van der Waals surface area contributed by atoms with Crippen LogP contribution in [-0.2, 0) is 6.42 Å². The number of guanidine groups is 1. The number of hydrogen-bond acceptors (Lipinski definition) is 3. The van der Waals surface area contributed by atoms with Gasteiger partial charge in [0.1, 0.15) is 5.82 Å². The van der Waals surface area contributed by atoms with Crippen LogP contribution in [0.4, 0.5) is 4.39 Å². The number of aryl methyl sites for hydroxylation is 1. The van der Waals surface area contributed by atoms with Gasteiger partial charge in [-0.15, -0.1) is 0 Å². The lowest BCUT2D eigenvalue weighted by atomic mass is 10.1. The van der Waals surface area contributed by atoms with Gasteiger partial charge in [0, 0.05) is 45.8 Å². The smallest absolute Gasteiger partial charge is 0.191 e. The zero-order valence-corrected chi connectivity index (χ0v) is 17.9.